The van der Waals surface area contributed by atoms with Crippen LogP contribution in [0.2, 0.25) is 10.0 Å². The number of amides is 3. The van der Waals surface area contributed by atoms with Gasteiger partial charge in [0.1, 0.15) is 0 Å². The molecule has 114 valence electrons. The average molecular weight is 329 g/mol. The summed E-state index contributed by atoms with van der Waals surface area (Å²) < 4.78 is 0. The number of nitrogens with one attached hydrogen (secondary N) is 1. The van der Waals surface area contributed by atoms with E-state index in [2.05, 4.69) is 26.1 Å². The van der Waals surface area contributed by atoms with Gasteiger partial charge in [-0.25, -0.2) is 9.69 Å². The third-order valence-corrected chi connectivity index (χ3v) is 3.76. The lowest BCUT2D eigenvalue weighted by atomic mass is 9.86. The summed E-state index contributed by atoms with van der Waals surface area (Å²) in [5, 5.41) is 3.60. The lowest BCUT2D eigenvalue weighted by molar-refractivity contribution is -0.119. The number of benzene rings is 1. The highest BCUT2D eigenvalue weighted by Gasteiger charge is 2.35. The second-order valence-corrected chi connectivity index (χ2v) is 7.28. The molecule has 0 spiro atoms. The summed E-state index contributed by atoms with van der Waals surface area (Å²) in [6, 6.07) is 4.10. The Hall–Kier alpha value is -1.26. The minimum Gasteiger partial charge on any atom is -0.334 e. The second-order valence-electron chi connectivity index (χ2n) is 6.44. The van der Waals surface area contributed by atoms with Crippen molar-refractivity contribution in [3.63, 3.8) is 0 Å². The number of urea groups is 1. The van der Waals surface area contributed by atoms with Gasteiger partial charge in [0.2, 0.25) is 5.91 Å². The van der Waals surface area contributed by atoms with Gasteiger partial charge in [0.25, 0.3) is 0 Å². The highest BCUT2D eigenvalue weighted by Crippen LogP contribution is 2.32. The molecular formula is C15H18Cl2N2O2. The standard InChI is InChI=1S/C15H18Cl2N2O2/c1-15(2,3)8-10-7-13(20)19(14(21)18-10)12-6-9(16)4-5-11(12)17/h4-6,10H,7-8H2,1-3H3,(H,18,21). The molecule has 1 aliphatic heterocycles. The van der Waals surface area contributed by atoms with E-state index >= 15 is 0 Å². The molecule has 4 nitrogen and oxygen atoms in total. The maximum Gasteiger partial charge on any atom is 0.329 e. The van der Waals surface area contributed by atoms with Crippen LogP contribution in [0.15, 0.2) is 18.2 Å². The van der Waals surface area contributed by atoms with E-state index in [4.69, 9.17) is 23.2 Å². The first-order valence-corrected chi connectivity index (χ1v) is 7.51. The Bertz CT molecular complexity index is 564. The summed E-state index contributed by atoms with van der Waals surface area (Å²) in [4.78, 5) is 25.6. The topological polar surface area (TPSA) is 49.4 Å². The van der Waals surface area contributed by atoms with Crippen molar-refractivity contribution in [1.29, 1.82) is 0 Å². The van der Waals surface area contributed by atoms with Crippen LogP contribution in [0.5, 0.6) is 0 Å². The van der Waals surface area contributed by atoms with E-state index < -0.39 is 6.03 Å². The fraction of sp³-hybridized carbons (Fsp3) is 0.467. The van der Waals surface area contributed by atoms with Crippen LogP contribution in [0.1, 0.15) is 33.6 Å². The van der Waals surface area contributed by atoms with Crippen molar-refractivity contribution < 1.29 is 9.59 Å². The molecule has 1 unspecified atom stereocenters. The number of halogens is 2. The molecule has 1 saturated heterocycles. The van der Waals surface area contributed by atoms with Crippen LogP contribution < -0.4 is 10.2 Å². The molecule has 1 aliphatic rings. The van der Waals surface area contributed by atoms with Crippen molar-refractivity contribution in [3.05, 3.63) is 28.2 Å². The van der Waals surface area contributed by atoms with Crippen molar-refractivity contribution in [2.75, 3.05) is 4.90 Å². The van der Waals surface area contributed by atoms with Gasteiger partial charge in [-0.15, -0.1) is 0 Å². The average Bonchev–Trinajstić information content (AvgIpc) is 2.30. The largest absolute Gasteiger partial charge is 0.334 e. The van der Waals surface area contributed by atoms with Gasteiger partial charge in [0.05, 0.1) is 10.7 Å². The number of imide groups is 1. The molecule has 0 aliphatic carbocycles. The van der Waals surface area contributed by atoms with E-state index in [9.17, 15) is 9.59 Å². The first kappa shape index (κ1) is 16.1. The number of hydrogen-bond donors (Lipinski definition) is 1. The van der Waals surface area contributed by atoms with E-state index in [-0.39, 0.29) is 23.8 Å². The molecule has 0 radical (unpaired) electrons. The molecule has 3 amide bonds. The third kappa shape index (κ3) is 3.89. The molecular weight excluding hydrogens is 311 g/mol. The quantitative estimate of drug-likeness (QED) is 0.882. The van der Waals surface area contributed by atoms with E-state index in [1.54, 1.807) is 12.1 Å². The van der Waals surface area contributed by atoms with Gasteiger partial charge in [-0.1, -0.05) is 44.0 Å². The zero-order chi connectivity index (χ0) is 15.8. The smallest absolute Gasteiger partial charge is 0.329 e. The van der Waals surface area contributed by atoms with Crippen LogP contribution in [0.25, 0.3) is 0 Å². The number of carbonyl (C=O) groups excluding carboxylic acids is 2. The van der Waals surface area contributed by atoms with Crippen LogP contribution >= 0.6 is 23.2 Å². The van der Waals surface area contributed by atoms with Crippen LogP contribution in [0.3, 0.4) is 0 Å². The Kier molecular flexibility index (Phi) is 4.49. The summed E-state index contributed by atoms with van der Waals surface area (Å²) in [5.74, 6) is -0.267. The van der Waals surface area contributed by atoms with E-state index in [1.807, 2.05) is 0 Å². The molecule has 2 rings (SSSR count). The van der Waals surface area contributed by atoms with Crippen molar-refractivity contribution >= 4 is 40.8 Å². The highest BCUT2D eigenvalue weighted by atomic mass is 35.5. The predicted molar refractivity (Wildman–Crippen MR) is 85.0 cm³/mol. The Balaban J connectivity index is 2.23. The van der Waals surface area contributed by atoms with Gasteiger partial charge in [-0.3, -0.25) is 4.79 Å². The lowest BCUT2D eigenvalue weighted by Gasteiger charge is -2.34. The van der Waals surface area contributed by atoms with Crippen molar-refractivity contribution in [2.24, 2.45) is 5.41 Å². The van der Waals surface area contributed by atoms with Crippen LogP contribution in [0.4, 0.5) is 10.5 Å². The first-order chi connectivity index (χ1) is 9.67. The van der Waals surface area contributed by atoms with E-state index in [0.717, 1.165) is 11.3 Å². The molecule has 1 fully saturated rings. The third-order valence-electron chi connectivity index (χ3n) is 3.21. The summed E-state index contributed by atoms with van der Waals surface area (Å²) in [6.45, 7) is 6.22. The molecule has 1 N–H and O–H groups in total. The predicted octanol–water partition coefficient (Wildman–Crippen LogP) is 4.24. The molecule has 1 aromatic rings. The van der Waals surface area contributed by atoms with Gasteiger partial charge >= 0.3 is 6.03 Å². The van der Waals surface area contributed by atoms with Crippen LogP contribution in [0, 0.1) is 5.41 Å². The molecule has 1 atom stereocenters. The molecule has 1 heterocycles. The van der Waals surface area contributed by atoms with Gasteiger partial charge in [0.15, 0.2) is 0 Å². The minimum absolute atomic E-state index is 0.0358. The molecule has 21 heavy (non-hydrogen) atoms. The number of nitrogens with zero attached hydrogens (tertiary/aromatic N) is 1. The summed E-state index contributed by atoms with van der Waals surface area (Å²) in [5.41, 5.74) is 0.356. The fourth-order valence-corrected chi connectivity index (χ4v) is 2.84. The monoisotopic (exact) mass is 328 g/mol. The molecule has 0 saturated carbocycles. The number of carbonyl (C=O) groups is 2. The minimum atomic E-state index is -0.454. The van der Waals surface area contributed by atoms with Gasteiger partial charge < -0.3 is 5.32 Å². The van der Waals surface area contributed by atoms with Crippen LogP contribution in [-0.2, 0) is 4.79 Å². The molecule has 6 heteroatoms. The second kappa shape index (κ2) is 5.85. The van der Waals surface area contributed by atoms with Crippen molar-refractivity contribution in [3.8, 4) is 0 Å². The maximum absolute atomic E-state index is 12.3. The number of hydrogen-bond acceptors (Lipinski definition) is 2. The lowest BCUT2D eigenvalue weighted by Crippen LogP contribution is -2.55. The Morgan fingerprint density at radius 2 is 1.95 bits per heavy atom. The van der Waals surface area contributed by atoms with E-state index in [1.165, 1.54) is 6.07 Å². The van der Waals surface area contributed by atoms with Crippen molar-refractivity contribution in [1.82, 2.24) is 5.32 Å². The molecule has 1 aromatic carbocycles. The highest BCUT2D eigenvalue weighted by molar-refractivity contribution is 6.37. The Morgan fingerprint density at radius 1 is 1.29 bits per heavy atom. The molecule has 0 aromatic heterocycles. The van der Waals surface area contributed by atoms with Crippen LogP contribution in [-0.4, -0.2) is 18.0 Å². The summed E-state index contributed by atoms with van der Waals surface area (Å²) in [7, 11) is 0. The van der Waals surface area contributed by atoms with Gasteiger partial charge in [-0.05, 0) is 30.0 Å². The Morgan fingerprint density at radius 3 is 2.52 bits per heavy atom. The maximum atomic E-state index is 12.3. The SMILES string of the molecule is CC(C)(C)CC1CC(=O)N(c2cc(Cl)ccc2Cl)C(=O)N1. The van der Waals surface area contributed by atoms with Gasteiger partial charge in [0, 0.05) is 17.5 Å². The fourth-order valence-electron chi connectivity index (χ4n) is 2.47. The molecule has 0 bridgehead atoms. The van der Waals surface area contributed by atoms with Crippen molar-refractivity contribution in [2.45, 2.75) is 39.7 Å². The zero-order valence-corrected chi connectivity index (χ0v) is 13.8. The summed E-state index contributed by atoms with van der Waals surface area (Å²) >= 11 is 12.0. The number of rotatable bonds is 2. The normalized spacial score (nSPS) is 19.7. The van der Waals surface area contributed by atoms with Gasteiger partial charge in [-0.2, -0.15) is 0 Å². The van der Waals surface area contributed by atoms with E-state index in [0.29, 0.717) is 15.7 Å². The first-order valence-electron chi connectivity index (χ1n) is 6.76. The number of anilines is 1. The zero-order valence-electron chi connectivity index (χ0n) is 12.2. The Labute approximate surface area is 134 Å². The summed E-state index contributed by atoms with van der Waals surface area (Å²) in [6.07, 6.45) is 0.994.